The summed E-state index contributed by atoms with van der Waals surface area (Å²) in [6, 6.07) is 5.62. The number of benzene rings is 1. The minimum absolute atomic E-state index is 0.0912. The molecule has 0 fully saturated rings. The van der Waals surface area contributed by atoms with Crippen LogP contribution in [0.1, 0.15) is 18.1 Å². The molecule has 5 N–H and O–H groups in total. The summed E-state index contributed by atoms with van der Waals surface area (Å²) in [7, 11) is 0. The van der Waals surface area contributed by atoms with E-state index in [1.165, 1.54) is 6.07 Å². The maximum absolute atomic E-state index is 10.7. The SMILES string of the molecule is [N-]=[N+]=NCCC(O)C(O)c1cccc(NC(N)=O)c1. The van der Waals surface area contributed by atoms with Crippen LogP contribution in [0.25, 0.3) is 10.4 Å². The van der Waals surface area contributed by atoms with Gasteiger partial charge in [-0.3, -0.25) is 0 Å². The average molecular weight is 265 g/mol. The number of azide groups is 1. The molecule has 102 valence electrons. The highest BCUT2D eigenvalue weighted by molar-refractivity contribution is 5.87. The van der Waals surface area contributed by atoms with Crippen LogP contribution in [0, 0.1) is 0 Å². The molecule has 0 saturated heterocycles. The van der Waals surface area contributed by atoms with Crippen LogP contribution >= 0.6 is 0 Å². The smallest absolute Gasteiger partial charge is 0.316 e. The Hall–Kier alpha value is -2.28. The lowest BCUT2D eigenvalue weighted by Gasteiger charge is -2.18. The van der Waals surface area contributed by atoms with Gasteiger partial charge in [-0.1, -0.05) is 17.2 Å². The fourth-order valence-corrected chi connectivity index (χ4v) is 1.56. The van der Waals surface area contributed by atoms with Crippen molar-refractivity contribution in [2.45, 2.75) is 18.6 Å². The second-order valence-corrected chi connectivity index (χ2v) is 3.87. The van der Waals surface area contributed by atoms with E-state index in [9.17, 15) is 15.0 Å². The number of carbonyl (C=O) groups is 1. The van der Waals surface area contributed by atoms with Crippen LogP contribution < -0.4 is 11.1 Å². The van der Waals surface area contributed by atoms with Crippen molar-refractivity contribution in [3.05, 3.63) is 40.3 Å². The lowest BCUT2D eigenvalue weighted by molar-refractivity contribution is 0.0151. The second-order valence-electron chi connectivity index (χ2n) is 3.87. The minimum atomic E-state index is -1.14. The summed E-state index contributed by atoms with van der Waals surface area (Å²) in [5.74, 6) is 0. The monoisotopic (exact) mass is 265 g/mol. The van der Waals surface area contributed by atoms with Crippen LogP contribution in [-0.2, 0) is 0 Å². The van der Waals surface area contributed by atoms with E-state index in [0.29, 0.717) is 11.3 Å². The van der Waals surface area contributed by atoms with Crippen molar-refractivity contribution in [1.29, 1.82) is 0 Å². The third kappa shape index (κ3) is 4.84. The summed E-state index contributed by atoms with van der Waals surface area (Å²) < 4.78 is 0. The van der Waals surface area contributed by atoms with E-state index in [1.54, 1.807) is 18.2 Å². The normalized spacial score (nSPS) is 13.2. The number of nitrogens with two attached hydrogens (primary N) is 1. The fourth-order valence-electron chi connectivity index (χ4n) is 1.56. The number of carbonyl (C=O) groups excluding carboxylic acids is 1. The van der Waals surface area contributed by atoms with Gasteiger partial charge in [0.15, 0.2) is 0 Å². The standard InChI is InChI=1S/C11H15N5O3/c12-11(19)15-8-3-1-2-7(6-8)10(18)9(17)4-5-14-16-13/h1-3,6,9-10,17-18H,4-5H2,(H3,12,15,19). The second kappa shape index (κ2) is 7.22. The van der Waals surface area contributed by atoms with Crippen LogP contribution in [0.5, 0.6) is 0 Å². The highest BCUT2D eigenvalue weighted by atomic mass is 16.3. The van der Waals surface area contributed by atoms with E-state index in [1.807, 2.05) is 0 Å². The lowest BCUT2D eigenvalue weighted by Crippen LogP contribution is -2.21. The number of nitrogens with one attached hydrogen (secondary N) is 1. The van der Waals surface area contributed by atoms with Crippen molar-refractivity contribution >= 4 is 11.7 Å². The van der Waals surface area contributed by atoms with Crippen LogP contribution in [0.15, 0.2) is 29.4 Å². The maximum Gasteiger partial charge on any atom is 0.316 e. The molecule has 8 nitrogen and oxygen atoms in total. The number of rotatable bonds is 6. The van der Waals surface area contributed by atoms with Gasteiger partial charge in [-0.15, -0.1) is 0 Å². The maximum atomic E-state index is 10.7. The predicted octanol–water partition coefficient (Wildman–Crippen LogP) is 1.27. The molecule has 1 aromatic rings. The van der Waals surface area contributed by atoms with Gasteiger partial charge in [-0.25, -0.2) is 4.79 Å². The predicted molar refractivity (Wildman–Crippen MR) is 69.2 cm³/mol. The first-order chi connectivity index (χ1) is 9.04. The third-order valence-corrected chi connectivity index (χ3v) is 2.45. The summed E-state index contributed by atoms with van der Waals surface area (Å²) in [6.07, 6.45) is -2.06. The van der Waals surface area contributed by atoms with E-state index in [0.717, 1.165) is 0 Å². The van der Waals surface area contributed by atoms with E-state index < -0.39 is 18.2 Å². The van der Waals surface area contributed by atoms with E-state index in [2.05, 4.69) is 15.3 Å². The van der Waals surface area contributed by atoms with Gasteiger partial charge in [-0.05, 0) is 29.6 Å². The molecule has 2 amide bonds. The van der Waals surface area contributed by atoms with Crippen LogP contribution in [0.2, 0.25) is 0 Å². The highest BCUT2D eigenvalue weighted by Gasteiger charge is 2.18. The van der Waals surface area contributed by atoms with Gasteiger partial charge in [0.2, 0.25) is 0 Å². The molecule has 19 heavy (non-hydrogen) atoms. The first-order valence-electron chi connectivity index (χ1n) is 5.58. The lowest BCUT2D eigenvalue weighted by atomic mass is 10.0. The molecule has 1 aromatic carbocycles. The molecular weight excluding hydrogens is 250 g/mol. The zero-order chi connectivity index (χ0) is 14.3. The quantitative estimate of drug-likeness (QED) is 0.349. The zero-order valence-electron chi connectivity index (χ0n) is 10.1. The van der Waals surface area contributed by atoms with Crippen molar-refractivity contribution in [2.75, 3.05) is 11.9 Å². The topological polar surface area (TPSA) is 144 Å². The molecule has 0 bridgehead atoms. The first-order valence-corrected chi connectivity index (χ1v) is 5.58. The van der Waals surface area contributed by atoms with E-state index >= 15 is 0 Å². The molecule has 0 aliphatic rings. The molecule has 0 spiro atoms. The van der Waals surface area contributed by atoms with E-state index in [-0.39, 0.29) is 13.0 Å². The molecule has 8 heteroatoms. The van der Waals surface area contributed by atoms with Gasteiger partial charge in [0.1, 0.15) is 6.10 Å². The molecule has 0 radical (unpaired) electrons. The fraction of sp³-hybridized carbons (Fsp3) is 0.364. The summed E-state index contributed by atoms with van der Waals surface area (Å²) in [6.45, 7) is 0.0912. The van der Waals surface area contributed by atoms with Crippen molar-refractivity contribution in [3.8, 4) is 0 Å². The highest BCUT2D eigenvalue weighted by Crippen LogP contribution is 2.22. The molecule has 2 unspecified atom stereocenters. The molecule has 0 saturated carbocycles. The average Bonchev–Trinajstić information content (AvgIpc) is 2.37. The van der Waals surface area contributed by atoms with Gasteiger partial charge < -0.3 is 21.3 Å². The van der Waals surface area contributed by atoms with Gasteiger partial charge in [0.25, 0.3) is 0 Å². The Morgan fingerprint density at radius 1 is 1.53 bits per heavy atom. The number of primary amides is 1. The van der Waals surface area contributed by atoms with Gasteiger partial charge in [0, 0.05) is 17.1 Å². The van der Waals surface area contributed by atoms with Crippen LogP contribution in [-0.4, -0.2) is 28.9 Å². The molecule has 0 aliphatic heterocycles. The Bertz CT molecular complexity index is 487. The largest absolute Gasteiger partial charge is 0.390 e. The Kier molecular flexibility index (Phi) is 5.62. The minimum Gasteiger partial charge on any atom is -0.390 e. The Morgan fingerprint density at radius 2 is 2.26 bits per heavy atom. The zero-order valence-corrected chi connectivity index (χ0v) is 10.1. The Morgan fingerprint density at radius 3 is 2.89 bits per heavy atom. The number of aliphatic hydroxyl groups excluding tert-OH is 2. The van der Waals surface area contributed by atoms with Gasteiger partial charge in [-0.2, -0.15) is 0 Å². The Labute approximate surface area is 109 Å². The number of hydrogen-bond donors (Lipinski definition) is 4. The van der Waals surface area contributed by atoms with Crippen molar-refractivity contribution < 1.29 is 15.0 Å². The van der Waals surface area contributed by atoms with Crippen LogP contribution in [0.4, 0.5) is 10.5 Å². The first kappa shape index (κ1) is 14.8. The van der Waals surface area contributed by atoms with Gasteiger partial charge in [0.05, 0.1) is 6.10 Å². The van der Waals surface area contributed by atoms with E-state index in [4.69, 9.17) is 11.3 Å². The molecule has 1 rings (SSSR count). The molecule has 0 aromatic heterocycles. The molecular formula is C11H15N5O3. The third-order valence-electron chi connectivity index (χ3n) is 2.45. The number of amides is 2. The Balaban J connectivity index is 2.72. The van der Waals surface area contributed by atoms with Crippen LogP contribution in [0.3, 0.4) is 0 Å². The molecule has 0 heterocycles. The van der Waals surface area contributed by atoms with Crippen molar-refractivity contribution in [2.24, 2.45) is 10.8 Å². The number of urea groups is 1. The summed E-state index contributed by atoms with van der Waals surface area (Å²) in [5, 5.41) is 25.3. The summed E-state index contributed by atoms with van der Waals surface area (Å²) in [5.41, 5.74) is 14.0. The van der Waals surface area contributed by atoms with Crippen molar-refractivity contribution in [1.82, 2.24) is 0 Å². The molecule has 0 aliphatic carbocycles. The summed E-state index contributed by atoms with van der Waals surface area (Å²) in [4.78, 5) is 13.3. The number of aliphatic hydroxyl groups is 2. The number of hydrogen-bond acceptors (Lipinski definition) is 4. The summed E-state index contributed by atoms with van der Waals surface area (Å²) >= 11 is 0. The molecule has 2 atom stereocenters. The number of nitrogens with zero attached hydrogens (tertiary/aromatic N) is 3. The van der Waals surface area contributed by atoms with Gasteiger partial charge >= 0.3 is 6.03 Å². The van der Waals surface area contributed by atoms with Crippen molar-refractivity contribution in [3.63, 3.8) is 0 Å². The number of anilines is 1.